The molecule has 0 saturated carbocycles. The minimum absolute atomic E-state index is 0.0300. The Morgan fingerprint density at radius 3 is 2.39 bits per heavy atom. The van der Waals surface area contributed by atoms with Gasteiger partial charge in [0.2, 0.25) is 11.8 Å². The van der Waals surface area contributed by atoms with Crippen molar-refractivity contribution in [3.63, 3.8) is 0 Å². The molecule has 0 heterocycles. The first kappa shape index (κ1) is 17.0. The van der Waals surface area contributed by atoms with Crippen molar-refractivity contribution in [3.8, 4) is 0 Å². The van der Waals surface area contributed by atoms with Crippen LogP contribution in [-0.2, 0) is 22.6 Å². The maximum Gasteiger partial charge on any atom is 0.239 e. The largest absolute Gasteiger partial charge is 0.350 e. The highest BCUT2D eigenvalue weighted by Crippen LogP contribution is 2.09. The lowest BCUT2D eigenvalue weighted by Crippen LogP contribution is -2.37. The zero-order valence-corrected chi connectivity index (χ0v) is 13.1. The second-order valence-electron chi connectivity index (χ2n) is 4.99. The van der Waals surface area contributed by atoms with E-state index in [-0.39, 0.29) is 24.8 Å². The Morgan fingerprint density at radius 2 is 1.70 bits per heavy atom. The van der Waals surface area contributed by atoms with Gasteiger partial charge in [0.25, 0.3) is 0 Å². The number of hydrogen-bond acceptors (Lipinski definition) is 2. The molecule has 0 saturated heterocycles. The summed E-state index contributed by atoms with van der Waals surface area (Å²) >= 11 is 5.78. The van der Waals surface area contributed by atoms with Crippen LogP contribution in [0.15, 0.2) is 48.5 Å². The molecule has 0 bridgehead atoms. The van der Waals surface area contributed by atoms with Gasteiger partial charge in [0, 0.05) is 11.6 Å². The van der Waals surface area contributed by atoms with E-state index in [1.165, 1.54) is 18.2 Å². The first-order chi connectivity index (χ1) is 11.0. The second kappa shape index (κ2) is 8.29. The summed E-state index contributed by atoms with van der Waals surface area (Å²) < 4.78 is 13.0. The fourth-order valence-electron chi connectivity index (χ4n) is 1.94. The third-order valence-corrected chi connectivity index (χ3v) is 3.35. The highest BCUT2D eigenvalue weighted by molar-refractivity contribution is 6.30. The van der Waals surface area contributed by atoms with Gasteiger partial charge in [0.05, 0.1) is 13.0 Å². The number of amides is 2. The number of hydrogen-bond donors (Lipinski definition) is 2. The topological polar surface area (TPSA) is 58.2 Å². The summed E-state index contributed by atoms with van der Waals surface area (Å²) in [6.07, 6.45) is 0.0300. The van der Waals surface area contributed by atoms with Crippen molar-refractivity contribution in [3.05, 3.63) is 70.5 Å². The highest BCUT2D eigenvalue weighted by Gasteiger charge is 2.07. The first-order valence-electron chi connectivity index (χ1n) is 7.05. The fourth-order valence-corrected chi connectivity index (χ4v) is 2.07. The Morgan fingerprint density at radius 1 is 0.957 bits per heavy atom. The zero-order chi connectivity index (χ0) is 16.7. The number of carbonyl (C=O) groups excluding carboxylic acids is 2. The molecule has 0 aliphatic heterocycles. The van der Waals surface area contributed by atoms with Gasteiger partial charge in [-0.3, -0.25) is 9.59 Å². The molecule has 2 rings (SSSR count). The third kappa shape index (κ3) is 6.08. The second-order valence-corrected chi connectivity index (χ2v) is 5.42. The van der Waals surface area contributed by atoms with Gasteiger partial charge in [0.1, 0.15) is 5.82 Å². The molecular formula is C17H16ClFN2O2. The average molecular weight is 335 g/mol. The quantitative estimate of drug-likeness (QED) is 0.852. The van der Waals surface area contributed by atoms with Crippen molar-refractivity contribution in [1.82, 2.24) is 10.6 Å². The number of rotatable bonds is 6. The number of benzene rings is 2. The summed E-state index contributed by atoms with van der Waals surface area (Å²) in [6.45, 7) is 0.234. The minimum Gasteiger partial charge on any atom is -0.350 e. The highest BCUT2D eigenvalue weighted by atomic mass is 35.5. The summed E-state index contributed by atoms with van der Waals surface area (Å²) in [4.78, 5) is 23.4. The van der Waals surface area contributed by atoms with Crippen molar-refractivity contribution in [2.75, 3.05) is 6.54 Å². The van der Waals surface area contributed by atoms with Gasteiger partial charge < -0.3 is 10.6 Å². The van der Waals surface area contributed by atoms with Crippen molar-refractivity contribution < 1.29 is 14.0 Å². The fraction of sp³-hybridized carbons (Fsp3) is 0.176. The van der Waals surface area contributed by atoms with E-state index in [4.69, 9.17) is 11.6 Å². The summed E-state index contributed by atoms with van der Waals surface area (Å²) in [5.41, 5.74) is 1.47. The van der Waals surface area contributed by atoms with Gasteiger partial charge in [-0.1, -0.05) is 35.9 Å². The molecule has 0 spiro atoms. The van der Waals surface area contributed by atoms with Crippen LogP contribution in [-0.4, -0.2) is 18.4 Å². The van der Waals surface area contributed by atoms with E-state index in [2.05, 4.69) is 10.6 Å². The zero-order valence-electron chi connectivity index (χ0n) is 12.3. The summed E-state index contributed by atoms with van der Waals surface area (Å²) in [6, 6.07) is 12.9. The van der Waals surface area contributed by atoms with Crippen molar-refractivity contribution in [2.45, 2.75) is 13.0 Å². The molecule has 0 radical (unpaired) electrons. The molecule has 2 aromatic rings. The van der Waals surface area contributed by atoms with Gasteiger partial charge in [0.15, 0.2) is 0 Å². The van der Waals surface area contributed by atoms with Crippen molar-refractivity contribution in [2.24, 2.45) is 0 Å². The standard InChI is InChI=1S/C17H16ClFN2O2/c18-14-6-4-12(5-7-14)10-20-17(23)11-21-16(22)9-13-2-1-3-15(19)8-13/h1-8H,9-11H2,(H,20,23)(H,21,22). The molecule has 4 nitrogen and oxygen atoms in total. The molecule has 2 amide bonds. The van der Waals surface area contributed by atoms with Crippen LogP contribution in [0.3, 0.4) is 0 Å². The van der Waals surface area contributed by atoms with Crippen LogP contribution >= 0.6 is 11.6 Å². The molecule has 0 atom stereocenters. The molecule has 0 fully saturated rings. The Kier molecular flexibility index (Phi) is 6.11. The van der Waals surface area contributed by atoms with E-state index in [0.717, 1.165) is 5.56 Å². The molecule has 6 heteroatoms. The number of carbonyl (C=O) groups is 2. The van der Waals surface area contributed by atoms with Crippen molar-refractivity contribution in [1.29, 1.82) is 0 Å². The smallest absolute Gasteiger partial charge is 0.239 e. The van der Waals surface area contributed by atoms with Crippen LogP contribution in [0.25, 0.3) is 0 Å². The van der Waals surface area contributed by atoms with E-state index in [9.17, 15) is 14.0 Å². The lowest BCUT2D eigenvalue weighted by molar-refractivity contribution is -0.125. The van der Waals surface area contributed by atoms with E-state index in [1.54, 1.807) is 18.2 Å². The Bertz CT molecular complexity index is 689. The lowest BCUT2D eigenvalue weighted by Gasteiger charge is -2.07. The Balaban J connectivity index is 1.71. The van der Waals surface area contributed by atoms with Crippen LogP contribution in [0.1, 0.15) is 11.1 Å². The maximum absolute atomic E-state index is 13.0. The molecule has 0 aliphatic rings. The summed E-state index contributed by atoms with van der Waals surface area (Å²) in [5, 5.41) is 5.82. The number of nitrogens with one attached hydrogen (secondary N) is 2. The van der Waals surface area contributed by atoms with E-state index in [1.807, 2.05) is 12.1 Å². The molecular weight excluding hydrogens is 319 g/mol. The summed E-state index contributed by atoms with van der Waals surface area (Å²) in [5.74, 6) is -1.03. The van der Waals surface area contributed by atoms with Gasteiger partial charge >= 0.3 is 0 Å². The Labute approximate surface area is 138 Å². The van der Waals surface area contributed by atoms with Crippen LogP contribution in [0.2, 0.25) is 5.02 Å². The van der Waals surface area contributed by atoms with Gasteiger partial charge in [-0.25, -0.2) is 4.39 Å². The van der Waals surface area contributed by atoms with Gasteiger partial charge in [-0.2, -0.15) is 0 Å². The molecule has 23 heavy (non-hydrogen) atoms. The van der Waals surface area contributed by atoms with Crippen molar-refractivity contribution >= 4 is 23.4 Å². The maximum atomic E-state index is 13.0. The van der Waals surface area contributed by atoms with Gasteiger partial charge in [-0.15, -0.1) is 0 Å². The number of halogens is 2. The van der Waals surface area contributed by atoms with Crippen LogP contribution in [0.5, 0.6) is 0 Å². The first-order valence-corrected chi connectivity index (χ1v) is 7.43. The molecule has 0 aromatic heterocycles. The van der Waals surface area contributed by atoms with E-state index >= 15 is 0 Å². The van der Waals surface area contributed by atoms with Gasteiger partial charge in [-0.05, 0) is 35.4 Å². The molecule has 0 aliphatic carbocycles. The van der Waals surface area contributed by atoms with Crippen LogP contribution < -0.4 is 10.6 Å². The SMILES string of the molecule is O=C(CNC(=O)Cc1cccc(F)c1)NCc1ccc(Cl)cc1. The molecule has 2 aromatic carbocycles. The third-order valence-electron chi connectivity index (χ3n) is 3.10. The van der Waals surface area contributed by atoms with Crippen LogP contribution in [0, 0.1) is 5.82 Å². The predicted molar refractivity (Wildman–Crippen MR) is 86.4 cm³/mol. The van der Waals surface area contributed by atoms with E-state index < -0.39 is 5.82 Å². The molecule has 2 N–H and O–H groups in total. The average Bonchev–Trinajstić information content (AvgIpc) is 2.52. The predicted octanol–water partition coefficient (Wildman–Crippen LogP) is 2.45. The minimum atomic E-state index is -0.393. The monoisotopic (exact) mass is 334 g/mol. The normalized spacial score (nSPS) is 10.2. The lowest BCUT2D eigenvalue weighted by atomic mass is 10.1. The van der Waals surface area contributed by atoms with Crippen LogP contribution in [0.4, 0.5) is 4.39 Å². The molecule has 0 unspecified atom stereocenters. The molecule has 120 valence electrons. The summed E-state index contributed by atoms with van der Waals surface area (Å²) in [7, 11) is 0. The van der Waals surface area contributed by atoms with E-state index in [0.29, 0.717) is 17.1 Å². The Hall–Kier alpha value is -2.40.